The van der Waals surface area contributed by atoms with Crippen molar-refractivity contribution in [2.75, 3.05) is 0 Å². The summed E-state index contributed by atoms with van der Waals surface area (Å²) in [4.78, 5) is 22.8. The van der Waals surface area contributed by atoms with Crippen molar-refractivity contribution < 1.29 is 14.0 Å². The molecule has 0 fully saturated rings. The molecule has 8 heteroatoms. The fourth-order valence-corrected chi connectivity index (χ4v) is 2.62. The van der Waals surface area contributed by atoms with Gasteiger partial charge in [-0.25, -0.2) is 4.79 Å². The van der Waals surface area contributed by atoms with Crippen LogP contribution in [0.25, 0.3) is 11.5 Å². The Morgan fingerprint density at radius 3 is 2.50 bits per heavy atom. The molecule has 2 aromatic rings. The molecule has 0 aliphatic heterocycles. The van der Waals surface area contributed by atoms with Crippen molar-refractivity contribution in [3.63, 3.8) is 0 Å². The molecule has 7 nitrogen and oxygen atoms in total. The fraction of sp³-hybridized carbons (Fsp3) is 0.286. The highest BCUT2D eigenvalue weighted by molar-refractivity contribution is 8.00. The zero-order valence-corrected chi connectivity index (χ0v) is 13.0. The van der Waals surface area contributed by atoms with E-state index in [-0.39, 0.29) is 11.1 Å². The van der Waals surface area contributed by atoms with Gasteiger partial charge in [0.05, 0.1) is 5.25 Å². The van der Waals surface area contributed by atoms with Gasteiger partial charge in [0.15, 0.2) is 0 Å². The number of nitrogens with two attached hydrogens (primary N) is 1. The second-order valence-electron chi connectivity index (χ2n) is 4.88. The van der Waals surface area contributed by atoms with Crippen LogP contribution in [-0.2, 0) is 4.79 Å². The van der Waals surface area contributed by atoms with E-state index < -0.39 is 17.2 Å². The van der Waals surface area contributed by atoms with Gasteiger partial charge in [-0.05, 0) is 18.1 Å². The minimum absolute atomic E-state index is 0.0450. The van der Waals surface area contributed by atoms with Crippen molar-refractivity contribution in [3.05, 3.63) is 30.3 Å². The fourth-order valence-electron chi connectivity index (χ4n) is 1.75. The van der Waals surface area contributed by atoms with Crippen LogP contribution in [0.15, 0.2) is 40.0 Å². The maximum atomic E-state index is 12.0. The van der Waals surface area contributed by atoms with E-state index in [2.05, 4.69) is 15.5 Å². The number of carbonyl (C=O) groups excluding carboxylic acids is 2. The van der Waals surface area contributed by atoms with E-state index in [1.54, 1.807) is 0 Å². The average molecular weight is 320 g/mol. The first kappa shape index (κ1) is 16.0. The lowest BCUT2D eigenvalue weighted by molar-refractivity contribution is -0.120. The summed E-state index contributed by atoms with van der Waals surface area (Å²) in [7, 11) is 0. The van der Waals surface area contributed by atoms with Crippen LogP contribution < -0.4 is 11.1 Å². The van der Waals surface area contributed by atoms with Crippen molar-refractivity contribution in [2.45, 2.75) is 24.3 Å². The third-order valence-corrected chi connectivity index (χ3v) is 4.14. The highest BCUT2D eigenvalue weighted by atomic mass is 32.2. The zero-order chi connectivity index (χ0) is 16.1. The molecule has 1 heterocycles. The van der Waals surface area contributed by atoms with Gasteiger partial charge in [0, 0.05) is 5.56 Å². The lowest BCUT2D eigenvalue weighted by Gasteiger charge is -2.16. The molecule has 2 rings (SSSR count). The van der Waals surface area contributed by atoms with E-state index in [1.165, 1.54) is 0 Å². The Labute approximate surface area is 131 Å². The Morgan fingerprint density at radius 2 is 1.91 bits per heavy atom. The quantitative estimate of drug-likeness (QED) is 0.816. The molecule has 0 radical (unpaired) electrons. The molecule has 3 amide bonds. The summed E-state index contributed by atoms with van der Waals surface area (Å²) < 4.78 is 5.55. The van der Waals surface area contributed by atoms with Crippen LogP contribution in [0.4, 0.5) is 4.79 Å². The molecular weight excluding hydrogens is 304 g/mol. The summed E-state index contributed by atoms with van der Waals surface area (Å²) >= 11 is 1.10. The standard InChI is InChI=1S/C14H16N4O3S/c1-8(2)10(11(19)16-13(15)20)22-14-18-17-12(21-14)9-6-4-3-5-7-9/h3-8,10H,1-2H3,(H3,15,16,19,20). The van der Waals surface area contributed by atoms with Gasteiger partial charge >= 0.3 is 6.03 Å². The zero-order valence-electron chi connectivity index (χ0n) is 12.1. The van der Waals surface area contributed by atoms with Gasteiger partial charge in [-0.2, -0.15) is 0 Å². The van der Waals surface area contributed by atoms with E-state index >= 15 is 0 Å². The molecule has 0 aliphatic rings. The molecule has 3 N–H and O–H groups in total. The van der Waals surface area contributed by atoms with Crippen LogP contribution in [0, 0.1) is 5.92 Å². The maximum absolute atomic E-state index is 12.0. The molecule has 0 bridgehead atoms. The third kappa shape index (κ3) is 4.08. The smallest absolute Gasteiger partial charge is 0.318 e. The Hall–Kier alpha value is -2.35. The van der Waals surface area contributed by atoms with Crippen molar-refractivity contribution in [1.29, 1.82) is 0 Å². The van der Waals surface area contributed by atoms with E-state index in [1.807, 2.05) is 44.2 Å². The summed E-state index contributed by atoms with van der Waals surface area (Å²) in [6, 6.07) is 8.43. The van der Waals surface area contributed by atoms with Crippen molar-refractivity contribution in [3.8, 4) is 11.5 Å². The number of benzene rings is 1. The molecule has 22 heavy (non-hydrogen) atoms. The Morgan fingerprint density at radius 1 is 1.23 bits per heavy atom. The van der Waals surface area contributed by atoms with Crippen LogP contribution in [0.5, 0.6) is 0 Å². The predicted octanol–water partition coefficient (Wildman–Crippen LogP) is 2.05. The normalized spacial score (nSPS) is 12.1. The number of primary amides is 1. The number of thioether (sulfide) groups is 1. The number of amides is 3. The monoisotopic (exact) mass is 320 g/mol. The van der Waals surface area contributed by atoms with Crippen LogP contribution in [-0.4, -0.2) is 27.4 Å². The molecule has 1 atom stereocenters. The summed E-state index contributed by atoms with van der Waals surface area (Å²) in [6.07, 6.45) is 0. The number of rotatable bonds is 5. The van der Waals surface area contributed by atoms with Gasteiger partial charge in [0.25, 0.3) is 5.22 Å². The molecule has 0 saturated carbocycles. The third-order valence-electron chi connectivity index (χ3n) is 2.77. The molecule has 0 saturated heterocycles. The van der Waals surface area contributed by atoms with E-state index in [9.17, 15) is 9.59 Å². The van der Waals surface area contributed by atoms with Gasteiger partial charge in [-0.15, -0.1) is 10.2 Å². The summed E-state index contributed by atoms with van der Waals surface area (Å²) in [5.41, 5.74) is 5.77. The maximum Gasteiger partial charge on any atom is 0.318 e. The van der Waals surface area contributed by atoms with Crippen molar-refractivity contribution in [2.24, 2.45) is 11.7 Å². The van der Waals surface area contributed by atoms with Crippen molar-refractivity contribution >= 4 is 23.7 Å². The van der Waals surface area contributed by atoms with Crippen LogP contribution in [0.2, 0.25) is 0 Å². The number of aromatic nitrogens is 2. The molecule has 116 valence electrons. The first-order valence-corrected chi connectivity index (χ1v) is 7.51. The van der Waals surface area contributed by atoms with Gasteiger partial charge in [0.1, 0.15) is 0 Å². The summed E-state index contributed by atoms with van der Waals surface area (Å²) in [5.74, 6) is -0.149. The van der Waals surface area contributed by atoms with E-state index in [4.69, 9.17) is 10.2 Å². The molecule has 1 unspecified atom stereocenters. The lowest BCUT2D eigenvalue weighted by atomic mass is 10.1. The second-order valence-corrected chi connectivity index (χ2v) is 5.97. The largest absolute Gasteiger partial charge is 0.411 e. The summed E-state index contributed by atoms with van der Waals surface area (Å²) in [5, 5.41) is 9.66. The van der Waals surface area contributed by atoms with Gasteiger partial charge in [0.2, 0.25) is 11.8 Å². The minimum atomic E-state index is -0.883. The highest BCUT2D eigenvalue weighted by Gasteiger charge is 2.27. The number of imide groups is 1. The van der Waals surface area contributed by atoms with Gasteiger partial charge in [-0.3, -0.25) is 10.1 Å². The number of nitrogens with one attached hydrogen (secondary N) is 1. The number of nitrogens with zero attached hydrogens (tertiary/aromatic N) is 2. The number of carbonyl (C=O) groups is 2. The SMILES string of the molecule is CC(C)C(Sc1nnc(-c2ccccc2)o1)C(=O)NC(N)=O. The van der Waals surface area contributed by atoms with Crippen molar-refractivity contribution in [1.82, 2.24) is 15.5 Å². The molecule has 1 aromatic carbocycles. The van der Waals surface area contributed by atoms with Gasteiger partial charge < -0.3 is 10.2 Å². The van der Waals surface area contributed by atoms with Crippen LogP contribution in [0.3, 0.4) is 0 Å². The average Bonchev–Trinajstić information content (AvgIpc) is 2.93. The highest BCUT2D eigenvalue weighted by Crippen LogP contribution is 2.29. The molecule has 0 spiro atoms. The summed E-state index contributed by atoms with van der Waals surface area (Å²) in [6.45, 7) is 3.71. The number of urea groups is 1. The topological polar surface area (TPSA) is 111 Å². The Balaban J connectivity index is 2.13. The first-order valence-electron chi connectivity index (χ1n) is 6.63. The second kappa shape index (κ2) is 7.08. The Bertz CT molecular complexity index is 657. The molecule has 0 aliphatic carbocycles. The minimum Gasteiger partial charge on any atom is -0.411 e. The van der Waals surface area contributed by atoms with Gasteiger partial charge in [-0.1, -0.05) is 43.8 Å². The predicted molar refractivity (Wildman–Crippen MR) is 81.9 cm³/mol. The molecular formula is C14H16N4O3S. The first-order chi connectivity index (χ1) is 10.5. The van der Waals surface area contributed by atoms with Crippen LogP contribution >= 0.6 is 11.8 Å². The Kier molecular flexibility index (Phi) is 5.16. The molecule has 1 aromatic heterocycles. The van der Waals surface area contributed by atoms with E-state index in [0.717, 1.165) is 17.3 Å². The number of hydrogen-bond acceptors (Lipinski definition) is 6. The number of hydrogen-bond donors (Lipinski definition) is 2. The lowest BCUT2D eigenvalue weighted by Crippen LogP contribution is -2.42. The van der Waals surface area contributed by atoms with Crippen LogP contribution in [0.1, 0.15) is 13.8 Å². The van der Waals surface area contributed by atoms with E-state index in [0.29, 0.717) is 5.89 Å².